The Morgan fingerprint density at radius 3 is 2.38 bits per heavy atom. The second-order valence-electron chi connectivity index (χ2n) is 3.19. The van der Waals surface area contributed by atoms with Crippen molar-refractivity contribution in [2.45, 2.75) is 13.1 Å². The molecule has 6 heteroatoms. The Labute approximate surface area is 89.3 Å². The molecule has 84 valence electrons. The Hall–Kier alpha value is -2.03. The van der Waals surface area contributed by atoms with Crippen LogP contribution < -0.4 is 5.73 Å². The van der Waals surface area contributed by atoms with E-state index in [1.807, 2.05) is 0 Å². The van der Waals surface area contributed by atoms with E-state index in [1.165, 1.54) is 13.0 Å². The third-order valence-electron chi connectivity index (χ3n) is 2.02. The van der Waals surface area contributed by atoms with Crippen molar-refractivity contribution in [2.75, 3.05) is 0 Å². The molecule has 0 saturated carbocycles. The number of alkyl halides is 3. The Morgan fingerprint density at radius 1 is 1.44 bits per heavy atom. The van der Waals surface area contributed by atoms with Crippen molar-refractivity contribution in [2.24, 2.45) is 5.73 Å². The first-order valence-electron chi connectivity index (χ1n) is 4.19. The molecule has 16 heavy (non-hydrogen) atoms. The first-order valence-corrected chi connectivity index (χ1v) is 4.19. The van der Waals surface area contributed by atoms with Gasteiger partial charge >= 0.3 is 6.18 Å². The first-order chi connectivity index (χ1) is 7.27. The summed E-state index contributed by atoms with van der Waals surface area (Å²) < 4.78 is 37.7. The number of nitrogens with two attached hydrogens (primary N) is 1. The van der Waals surface area contributed by atoms with Crippen LogP contribution in [0.5, 0.6) is 0 Å². The van der Waals surface area contributed by atoms with Gasteiger partial charge in [-0.2, -0.15) is 18.4 Å². The van der Waals surface area contributed by atoms with Crippen LogP contribution in [0.1, 0.15) is 27.0 Å². The monoisotopic (exact) mass is 228 g/mol. The fourth-order valence-electron chi connectivity index (χ4n) is 1.39. The van der Waals surface area contributed by atoms with E-state index < -0.39 is 23.2 Å². The van der Waals surface area contributed by atoms with Crippen molar-refractivity contribution in [3.63, 3.8) is 0 Å². The molecule has 0 aliphatic rings. The van der Waals surface area contributed by atoms with Crippen molar-refractivity contribution < 1.29 is 18.0 Å². The maximum absolute atomic E-state index is 12.6. The molecule has 0 aliphatic heterocycles. The average molecular weight is 228 g/mol. The predicted octanol–water partition coefficient (Wildman–Crippen LogP) is 1.98. The number of hydrogen-bond acceptors (Lipinski definition) is 2. The van der Waals surface area contributed by atoms with Gasteiger partial charge in [0.05, 0.1) is 17.2 Å². The smallest absolute Gasteiger partial charge is 0.366 e. The third kappa shape index (κ3) is 2.14. The van der Waals surface area contributed by atoms with Gasteiger partial charge in [-0.05, 0) is 24.6 Å². The summed E-state index contributed by atoms with van der Waals surface area (Å²) in [4.78, 5) is 10.8. The molecule has 1 rings (SSSR count). The van der Waals surface area contributed by atoms with Crippen molar-refractivity contribution in [3.8, 4) is 6.07 Å². The number of aryl methyl sites for hydroxylation is 1. The summed E-state index contributed by atoms with van der Waals surface area (Å²) in [5.41, 5.74) is 3.01. The second-order valence-corrected chi connectivity index (χ2v) is 3.19. The fraction of sp³-hybridized carbons (Fsp3) is 0.200. The zero-order valence-corrected chi connectivity index (χ0v) is 8.22. The highest BCUT2D eigenvalue weighted by molar-refractivity contribution is 5.93. The highest BCUT2D eigenvalue weighted by atomic mass is 19.4. The Morgan fingerprint density at radius 2 is 2.00 bits per heavy atom. The lowest BCUT2D eigenvalue weighted by molar-refractivity contribution is -0.138. The van der Waals surface area contributed by atoms with Crippen LogP contribution in [0.15, 0.2) is 12.1 Å². The molecule has 0 heterocycles. The molecule has 0 radical (unpaired) electrons. The van der Waals surface area contributed by atoms with Gasteiger partial charge in [-0.15, -0.1) is 0 Å². The minimum Gasteiger partial charge on any atom is -0.366 e. The van der Waals surface area contributed by atoms with E-state index >= 15 is 0 Å². The molecule has 0 bridgehead atoms. The van der Waals surface area contributed by atoms with Crippen LogP contribution >= 0.6 is 0 Å². The summed E-state index contributed by atoms with van der Waals surface area (Å²) in [7, 11) is 0. The van der Waals surface area contributed by atoms with Crippen LogP contribution in [0.25, 0.3) is 0 Å². The van der Waals surface area contributed by atoms with E-state index in [2.05, 4.69) is 0 Å². The van der Waals surface area contributed by atoms with Gasteiger partial charge in [0, 0.05) is 5.56 Å². The van der Waals surface area contributed by atoms with E-state index in [1.54, 1.807) is 0 Å². The number of nitriles is 1. The van der Waals surface area contributed by atoms with Crippen LogP contribution in [0.4, 0.5) is 13.2 Å². The average Bonchev–Trinajstić information content (AvgIpc) is 2.14. The van der Waals surface area contributed by atoms with Gasteiger partial charge in [0.25, 0.3) is 0 Å². The van der Waals surface area contributed by atoms with E-state index in [9.17, 15) is 18.0 Å². The number of rotatable bonds is 1. The second kappa shape index (κ2) is 3.85. The summed E-state index contributed by atoms with van der Waals surface area (Å²) >= 11 is 0. The summed E-state index contributed by atoms with van der Waals surface area (Å²) in [5.74, 6) is -0.867. The summed E-state index contributed by atoms with van der Waals surface area (Å²) in [6.07, 6.45) is -4.62. The molecule has 0 aromatic heterocycles. The van der Waals surface area contributed by atoms with Gasteiger partial charge in [-0.25, -0.2) is 0 Å². The standard InChI is InChI=1S/C10H7F3N2O/c1-5-2-6(9(15)16)3-7(4-14)8(5)10(11,12)13/h2-3H,1H3,(H2,15,16). The Balaban J connectivity index is 3.55. The summed E-state index contributed by atoms with van der Waals surface area (Å²) in [6.45, 7) is 1.18. The van der Waals surface area contributed by atoms with Crippen molar-refractivity contribution in [1.82, 2.24) is 0 Å². The molecule has 1 amide bonds. The summed E-state index contributed by atoms with van der Waals surface area (Å²) in [5, 5.41) is 8.61. The quantitative estimate of drug-likeness (QED) is 0.798. The number of carbonyl (C=O) groups is 1. The summed E-state index contributed by atoms with van der Waals surface area (Å²) in [6, 6.07) is 3.28. The maximum Gasteiger partial charge on any atom is 0.417 e. The normalized spacial score (nSPS) is 10.9. The largest absolute Gasteiger partial charge is 0.417 e. The fourth-order valence-corrected chi connectivity index (χ4v) is 1.39. The molecule has 1 aromatic rings. The van der Waals surface area contributed by atoms with Crippen LogP contribution in [0.2, 0.25) is 0 Å². The Kier molecular flexibility index (Phi) is 2.90. The topological polar surface area (TPSA) is 66.9 Å². The molecule has 0 spiro atoms. The van der Waals surface area contributed by atoms with Crippen LogP contribution in [-0.4, -0.2) is 5.91 Å². The van der Waals surface area contributed by atoms with Gasteiger partial charge in [-0.1, -0.05) is 0 Å². The predicted molar refractivity (Wildman–Crippen MR) is 49.4 cm³/mol. The number of hydrogen-bond donors (Lipinski definition) is 1. The van der Waals surface area contributed by atoms with Gasteiger partial charge in [0.2, 0.25) is 5.91 Å². The van der Waals surface area contributed by atoms with E-state index in [0.717, 1.165) is 12.1 Å². The number of benzene rings is 1. The van der Waals surface area contributed by atoms with E-state index in [4.69, 9.17) is 11.0 Å². The van der Waals surface area contributed by atoms with Gasteiger partial charge in [-0.3, -0.25) is 4.79 Å². The number of carbonyl (C=O) groups excluding carboxylic acids is 1. The molecule has 3 nitrogen and oxygen atoms in total. The minimum atomic E-state index is -4.62. The first kappa shape index (κ1) is 12.0. The molecule has 2 N–H and O–H groups in total. The zero-order chi connectivity index (χ0) is 12.5. The molecule has 0 saturated heterocycles. The van der Waals surface area contributed by atoms with Gasteiger partial charge in [0.15, 0.2) is 0 Å². The highest BCUT2D eigenvalue weighted by Crippen LogP contribution is 2.34. The third-order valence-corrected chi connectivity index (χ3v) is 2.02. The lowest BCUT2D eigenvalue weighted by Gasteiger charge is -2.12. The maximum atomic E-state index is 12.6. The molecule has 0 atom stereocenters. The van der Waals surface area contributed by atoms with E-state index in [-0.39, 0.29) is 11.1 Å². The molecule has 0 unspecified atom stereocenters. The van der Waals surface area contributed by atoms with Crippen molar-refractivity contribution in [1.29, 1.82) is 5.26 Å². The minimum absolute atomic E-state index is 0.109. The van der Waals surface area contributed by atoms with Gasteiger partial charge < -0.3 is 5.73 Å². The van der Waals surface area contributed by atoms with Crippen molar-refractivity contribution in [3.05, 3.63) is 34.4 Å². The van der Waals surface area contributed by atoms with Crippen LogP contribution in [0.3, 0.4) is 0 Å². The number of amides is 1. The zero-order valence-electron chi connectivity index (χ0n) is 8.22. The molecular formula is C10H7F3N2O. The number of primary amides is 1. The SMILES string of the molecule is Cc1cc(C(N)=O)cc(C#N)c1C(F)(F)F. The highest BCUT2D eigenvalue weighted by Gasteiger charge is 2.35. The molecule has 0 fully saturated rings. The van der Waals surface area contributed by atoms with Gasteiger partial charge in [0.1, 0.15) is 0 Å². The molecule has 0 aliphatic carbocycles. The lowest BCUT2D eigenvalue weighted by atomic mass is 9.98. The lowest BCUT2D eigenvalue weighted by Crippen LogP contribution is -2.15. The van der Waals surface area contributed by atoms with Crippen LogP contribution in [0, 0.1) is 18.3 Å². The van der Waals surface area contributed by atoms with E-state index in [0.29, 0.717) is 0 Å². The Bertz CT molecular complexity index is 486. The van der Waals surface area contributed by atoms with Crippen LogP contribution in [-0.2, 0) is 6.18 Å². The number of halogens is 3. The van der Waals surface area contributed by atoms with Crippen molar-refractivity contribution >= 4 is 5.91 Å². The molecular weight excluding hydrogens is 221 g/mol. The number of nitrogens with zero attached hydrogens (tertiary/aromatic N) is 1. The molecule has 1 aromatic carbocycles.